The predicted octanol–water partition coefficient (Wildman–Crippen LogP) is 0.312. The molecule has 0 aliphatic carbocycles. The summed E-state index contributed by atoms with van der Waals surface area (Å²) in [6, 6.07) is 7.98. The van der Waals surface area contributed by atoms with Crippen molar-refractivity contribution in [3.8, 4) is 0 Å². The first-order valence-electron chi connectivity index (χ1n) is 4.33. The molecule has 78 valence electrons. The van der Waals surface area contributed by atoms with E-state index in [1.54, 1.807) is 37.3 Å². The van der Waals surface area contributed by atoms with Crippen molar-refractivity contribution in [1.82, 2.24) is 4.72 Å². The monoisotopic (exact) mass is 214 g/mol. The first-order valence-corrected chi connectivity index (χ1v) is 5.82. The molecule has 0 aliphatic heterocycles. The zero-order valence-electron chi connectivity index (χ0n) is 7.97. The Hall–Kier alpha value is -0.910. The van der Waals surface area contributed by atoms with Gasteiger partial charge in [-0.3, -0.25) is 0 Å². The van der Waals surface area contributed by atoms with E-state index in [1.807, 2.05) is 0 Å². The minimum Gasteiger partial charge on any atom is -0.329 e. The fourth-order valence-electron chi connectivity index (χ4n) is 0.981. The molecule has 1 aromatic rings. The highest BCUT2D eigenvalue weighted by Crippen LogP contribution is 2.07. The maximum Gasteiger partial charge on any atom is 0.240 e. The molecule has 0 bridgehead atoms. The number of hydrogen-bond acceptors (Lipinski definition) is 3. The van der Waals surface area contributed by atoms with Crippen LogP contribution in [0.1, 0.15) is 6.92 Å². The molecule has 0 unspecified atom stereocenters. The topological polar surface area (TPSA) is 72.2 Å². The Bertz CT molecular complexity index is 375. The molecule has 14 heavy (non-hydrogen) atoms. The molecule has 0 saturated heterocycles. The van der Waals surface area contributed by atoms with Crippen molar-refractivity contribution in [2.45, 2.75) is 17.9 Å². The lowest BCUT2D eigenvalue weighted by atomic mass is 10.4. The minimum atomic E-state index is -3.40. The molecule has 1 aromatic carbocycles. The quantitative estimate of drug-likeness (QED) is 0.757. The lowest BCUT2D eigenvalue weighted by Crippen LogP contribution is -2.37. The van der Waals surface area contributed by atoms with Crippen LogP contribution in [0, 0.1) is 0 Å². The van der Waals surface area contributed by atoms with Crippen molar-refractivity contribution in [2.75, 3.05) is 6.54 Å². The van der Waals surface area contributed by atoms with E-state index in [0.29, 0.717) is 0 Å². The smallest absolute Gasteiger partial charge is 0.240 e. The van der Waals surface area contributed by atoms with Gasteiger partial charge in [-0.15, -0.1) is 0 Å². The lowest BCUT2D eigenvalue weighted by molar-refractivity contribution is 0.562. The van der Waals surface area contributed by atoms with Crippen LogP contribution in [0.25, 0.3) is 0 Å². The molecule has 4 nitrogen and oxygen atoms in total. The number of hydrogen-bond donors (Lipinski definition) is 2. The number of nitrogens with two attached hydrogens (primary N) is 1. The predicted molar refractivity (Wildman–Crippen MR) is 55.3 cm³/mol. The Morgan fingerprint density at radius 1 is 1.36 bits per heavy atom. The fraction of sp³-hybridized carbons (Fsp3) is 0.333. The maximum absolute atomic E-state index is 11.6. The molecule has 0 aliphatic rings. The molecule has 0 fully saturated rings. The molecular formula is C9H14N2O2S. The van der Waals surface area contributed by atoms with Crippen LogP contribution in [-0.2, 0) is 10.0 Å². The third-order valence-corrected chi connectivity index (χ3v) is 3.37. The highest BCUT2D eigenvalue weighted by Gasteiger charge is 2.15. The maximum atomic E-state index is 11.6. The van der Waals surface area contributed by atoms with Crippen molar-refractivity contribution in [1.29, 1.82) is 0 Å². The molecule has 1 atom stereocenters. The Kier molecular flexibility index (Phi) is 3.62. The molecule has 0 radical (unpaired) electrons. The van der Waals surface area contributed by atoms with Crippen molar-refractivity contribution in [3.05, 3.63) is 30.3 Å². The highest BCUT2D eigenvalue weighted by atomic mass is 32.2. The lowest BCUT2D eigenvalue weighted by Gasteiger charge is -2.11. The number of sulfonamides is 1. The van der Waals surface area contributed by atoms with E-state index in [0.717, 1.165) is 0 Å². The second-order valence-electron chi connectivity index (χ2n) is 3.07. The van der Waals surface area contributed by atoms with E-state index in [2.05, 4.69) is 4.72 Å². The summed E-state index contributed by atoms with van der Waals surface area (Å²) in [6.07, 6.45) is 0. The summed E-state index contributed by atoms with van der Waals surface area (Å²) in [5.74, 6) is 0. The van der Waals surface area contributed by atoms with Gasteiger partial charge in [-0.25, -0.2) is 13.1 Å². The van der Waals surface area contributed by atoms with Crippen molar-refractivity contribution in [3.63, 3.8) is 0 Å². The SMILES string of the molecule is C[C@H](CN)NS(=O)(=O)c1ccccc1. The number of benzene rings is 1. The molecule has 0 heterocycles. The van der Waals surface area contributed by atoms with Gasteiger partial charge in [-0.1, -0.05) is 18.2 Å². The first kappa shape index (κ1) is 11.2. The van der Waals surface area contributed by atoms with Crippen LogP contribution in [0.15, 0.2) is 35.2 Å². The van der Waals surface area contributed by atoms with Gasteiger partial charge in [0.05, 0.1) is 4.90 Å². The van der Waals surface area contributed by atoms with E-state index in [9.17, 15) is 8.42 Å². The molecule has 1 rings (SSSR count). The Morgan fingerprint density at radius 3 is 2.43 bits per heavy atom. The van der Waals surface area contributed by atoms with Gasteiger partial charge in [-0.05, 0) is 19.1 Å². The molecule has 0 aromatic heterocycles. The van der Waals surface area contributed by atoms with Crippen molar-refractivity contribution < 1.29 is 8.42 Å². The van der Waals surface area contributed by atoms with E-state index in [4.69, 9.17) is 5.73 Å². The van der Waals surface area contributed by atoms with Crippen LogP contribution in [-0.4, -0.2) is 21.0 Å². The van der Waals surface area contributed by atoms with Crippen LogP contribution < -0.4 is 10.5 Å². The van der Waals surface area contributed by atoms with Crippen LogP contribution in [0.5, 0.6) is 0 Å². The first-order chi connectivity index (χ1) is 6.56. The molecule has 0 saturated carbocycles. The summed E-state index contributed by atoms with van der Waals surface area (Å²) in [7, 11) is -3.40. The van der Waals surface area contributed by atoms with Gasteiger partial charge in [0, 0.05) is 12.6 Å². The minimum absolute atomic E-state index is 0.250. The number of rotatable bonds is 4. The summed E-state index contributed by atoms with van der Waals surface area (Å²) in [5.41, 5.74) is 5.33. The van der Waals surface area contributed by atoms with Gasteiger partial charge in [0.2, 0.25) is 10.0 Å². The third-order valence-electron chi connectivity index (χ3n) is 1.76. The average Bonchev–Trinajstić information content (AvgIpc) is 2.18. The van der Waals surface area contributed by atoms with Gasteiger partial charge in [-0.2, -0.15) is 0 Å². The van der Waals surface area contributed by atoms with E-state index in [-0.39, 0.29) is 17.5 Å². The molecular weight excluding hydrogens is 200 g/mol. The van der Waals surface area contributed by atoms with Crippen LogP contribution in [0.3, 0.4) is 0 Å². The van der Waals surface area contributed by atoms with Gasteiger partial charge in [0.25, 0.3) is 0 Å². The van der Waals surface area contributed by atoms with Crippen LogP contribution >= 0.6 is 0 Å². The second-order valence-corrected chi connectivity index (χ2v) is 4.79. The van der Waals surface area contributed by atoms with E-state index >= 15 is 0 Å². The molecule has 0 amide bonds. The highest BCUT2D eigenvalue weighted by molar-refractivity contribution is 7.89. The van der Waals surface area contributed by atoms with Crippen LogP contribution in [0.4, 0.5) is 0 Å². The largest absolute Gasteiger partial charge is 0.329 e. The second kappa shape index (κ2) is 4.54. The van der Waals surface area contributed by atoms with E-state index in [1.165, 1.54) is 0 Å². The molecule has 5 heteroatoms. The standard InChI is InChI=1S/C9H14N2O2S/c1-8(7-10)11-14(12,13)9-5-3-2-4-6-9/h2-6,8,11H,7,10H2,1H3/t8-/m1/s1. The van der Waals surface area contributed by atoms with Gasteiger partial charge >= 0.3 is 0 Å². The zero-order chi connectivity index (χ0) is 10.6. The Balaban J connectivity index is 2.87. The summed E-state index contributed by atoms with van der Waals surface area (Å²) in [5, 5.41) is 0. The zero-order valence-corrected chi connectivity index (χ0v) is 8.79. The van der Waals surface area contributed by atoms with Gasteiger partial charge < -0.3 is 5.73 Å². The fourth-order valence-corrected chi connectivity index (χ4v) is 2.26. The summed E-state index contributed by atoms with van der Waals surface area (Å²) in [4.78, 5) is 0.264. The normalized spacial score (nSPS) is 13.9. The number of nitrogens with one attached hydrogen (secondary N) is 1. The summed E-state index contributed by atoms with van der Waals surface area (Å²) >= 11 is 0. The van der Waals surface area contributed by atoms with Gasteiger partial charge in [0.1, 0.15) is 0 Å². The molecule has 0 spiro atoms. The van der Waals surface area contributed by atoms with Gasteiger partial charge in [0.15, 0.2) is 0 Å². The Labute approximate surface area is 84.2 Å². The van der Waals surface area contributed by atoms with E-state index < -0.39 is 10.0 Å². The third kappa shape index (κ3) is 2.80. The molecule has 3 N–H and O–H groups in total. The average molecular weight is 214 g/mol. The van der Waals surface area contributed by atoms with Crippen molar-refractivity contribution >= 4 is 10.0 Å². The summed E-state index contributed by atoms with van der Waals surface area (Å²) < 4.78 is 25.7. The Morgan fingerprint density at radius 2 is 1.93 bits per heavy atom. The van der Waals surface area contributed by atoms with Crippen LogP contribution in [0.2, 0.25) is 0 Å². The van der Waals surface area contributed by atoms with Crippen molar-refractivity contribution in [2.24, 2.45) is 5.73 Å². The summed E-state index contributed by atoms with van der Waals surface area (Å²) in [6.45, 7) is 2.01.